The average Bonchev–Trinajstić information content (AvgIpc) is 3.61. The van der Waals surface area contributed by atoms with Crippen LogP contribution in [0.1, 0.15) is 56.2 Å². The van der Waals surface area contributed by atoms with Gasteiger partial charge in [0, 0.05) is 46.1 Å². The molecule has 1 aliphatic carbocycles. The van der Waals surface area contributed by atoms with Crippen molar-refractivity contribution < 1.29 is 0 Å². The lowest BCUT2D eigenvalue weighted by Gasteiger charge is -2.41. The first-order chi connectivity index (χ1) is 20.0. The predicted octanol–water partition coefficient (Wildman–Crippen LogP) is 7.35. The first-order valence-electron chi connectivity index (χ1n) is 14.7. The van der Waals surface area contributed by atoms with Gasteiger partial charge in [-0.1, -0.05) is 42.5 Å². The van der Waals surface area contributed by atoms with E-state index in [4.69, 9.17) is 4.98 Å². The van der Waals surface area contributed by atoms with Crippen LogP contribution < -0.4 is 0 Å². The largest absolute Gasteiger partial charge is 0.295 e. The van der Waals surface area contributed by atoms with Gasteiger partial charge in [-0.3, -0.25) is 15.0 Å². The molecule has 0 unspecified atom stereocenters. The number of benzene rings is 2. The van der Waals surface area contributed by atoms with E-state index in [1.165, 1.54) is 48.9 Å². The number of nitrogens with one attached hydrogen (secondary N) is 1. The molecular weight excluding hydrogens is 504 g/mol. The van der Waals surface area contributed by atoms with Crippen molar-refractivity contribution in [2.24, 2.45) is 0 Å². The van der Waals surface area contributed by atoms with Crippen LogP contribution in [0, 0.1) is 11.3 Å². The molecule has 0 spiro atoms. The highest BCUT2D eigenvalue weighted by Gasteiger charge is 2.38. The van der Waals surface area contributed by atoms with Gasteiger partial charge in [0.05, 0.1) is 11.3 Å². The molecule has 6 nitrogen and oxygen atoms in total. The second kappa shape index (κ2) is 10.2. The number of hydrogen-bond donors (Lipinski definition) is 1. The van der Waals surface area contributed by atoms with E-state index in [9.17, 15) is 5.26 Å². The Labute approximate surface area is 241 Å². The summed E-state index contributed by atoms with van der Waals surface area (Å²) >= 11 is 0. The third-order valence-electron chi connectivity index (χ3n) is 9.43. The number of rotatable bonds is 4. The van der Waals surface area contributed by atoms with E-state index in [-0.39, 0.29) is 5.54 Å². The van der Waals surface area contributed by atoms with E-state index in [1.54, 1.807) is 18.3 Å². The number of aromatic nitrogens is 4. The van der Waals surface area contributed by atoms with Gasteiger partial charge >= 0.3 is 0 Å². The third kappa shape index (κ3) is 4.61. The summed E-state index contributed by atoms with van der Waals surface area (Å²) in [5.74, 6) is 0. The molecule has 7 rings (SSSR count). The van der Waals surface area contributed by atoms with Crippen LogP contribution >= 0.6 is 0 Å². The standard InChI is InChI=1S/C35H34N6/c1-23-5-4-18-41(23)35(2)15-13-24-7-12-27(19-28(24)14-16-35)30-20-31-33(39-40-34(31)38-22-30)26-10-8-25(9-11-26)32-29(21-36)6-3-17-37-32/h3,6-12,17,19-20,22-23H,4-5,13-16,18H2,1-2H3,(H,38,39,40)/t23-,35+/m1/s1. The maximum absolute atomic E-state index is 9.47. The van der Waals surface area contributed by atoms with Crippen LogP contribution in [0.2, 0.25) is 0 Å². The van der Waals surface area contributed by atoms with Crippen molar-refractivity contribution in [1.29, 1.82) is 5.26 Å². The maximum atomic E-state index is 9.47. The molecule has 4 heterocycles. The van der Waals surface area contributed by atoms with E-state index in [0.717, 1.165) is 46.3 Å². The van der Waals surface area contributed by atoms with Crippen molar-refractivity contribution in [1.82, 2.24) is 25.1 Å². The summed E-state index contributed by atoms with van der Waals surface area (Å²) < 4.78 is 0. The molecule has 204 valence electrons. The Morgan fingerprint density at radius 3 is 2.41 bits per heavy atom. The SMILES string of the molecule is C[C@@H]1CCCN1[C@@]1(C)CCc2ccc(-c3cnc4[nH]nc(-c5ccc(-c6ncccc6C#N)cc5)c4c3)cc2CC1. The highest BCUT2D eigenvalue weighted by Crippen LogP contribution is 2.38. The van der Waals surface area contributed by atoms with E-state index >= 15 is 0 Å². The average molecular weight is 539 g/mol. The zero-order valence-corrected chi connectivity index (χ0v) is 23.7. The number of aromatic amines is 1. The molecule has 1 fully saturated rings. The molecule has 1 aliphatic heterocycles. The molecule has 0 amide bonds. The van der Waals surface area contributed by atoms with Crippen LogP contribution in [0.25, 0.3) is 44.7 Å². The number of fused-ring (bicyclic) bond motifs is 2. The van der Waals surface area contributed by atoms with Crippen LogP contribution in [0.15, 0.2) is 73.1 Å². The number of pyridine rings is 2. The normalized spacial score (nSPS) is 21.0. The molecule has 0 bridgehead atoms. The second-order valence-electron chi connectivity index (χ2n) is 11.9. The molecule has 2 aliphatic rings. The lowest BCUT2D eigenvalue weighted by molar-refractivity contribution is 0.0821. The van der Waals surface area contributed by atoms with Gasteiger partial charge in [0.15, 0.2) is 5.65 Å². The minimum Gasteiger partial charge on any atom is -0.295 e. The summed E-state index contributed by atoms with van der Waals surface area (Å²) in [6.07, 6.45) is 11.0. The van der Waals surface area contributed by atoms with Crippen LogP contribution in [-0.4, -0.2) is 43.2 Å². The number of aryl methyl sites for hydroxylation is 2. The zero-order valence-electron chi connectivity index (χ0n) is 23.7. The van der Waals surface area contributed by atoms with Crippen LogP contribution in [0.4, 0.5) is 0 Å². The van der Waals surface area contributed by atoms with E-state index < -0.39 is 0 Å². The van der Waals surface area contributed by atoms with Gasteiger partial charge in [0.25, 0.3) is 0 Å². The molecule has 1 saturated heterocycles. The van der Waals surface area contributed by atoms with Crippen LogP contribution in [0.5, 0.6) is 0 Å². The summed E-state index contributed by atoms with van der Waals surface area (Å²) in [6, 6.07) is 23.8. The minimum atomic E-state index is 0.281. The van der Waals surface area contributed by atoms with Gasteiger partial charge in [-0.25, -0.2) is 4.98 Å². The lowest BCUT2D eigenvalue weighted by atomic mass is 9.89. The molecule has 2 aromatic carbocycles. The molecule has 3 aromatic heterocycles. The fraction of sp³-hybridized carbons (Fsp3) is 0.314. The number of hydrogen-bond acceptors (Lipinski definition) is 5. The number of nitrogens with zero attached hydrogens (tertiary/aromatic N) is 5. The quantitative estimate of drug-likeness (QED) is 0.242. The Bertz CT molecular complexity index is 1780. The van der Waals surface area contributed by atoms with Crippen molar-refractivity contribution in [2.75, 3.05) is 6.54 Å². The van der Waals surface area contributed by atoms with Gasteiger partial charge in [0.2, 0.25) is 0 Å². The Kier molecular flexibility index (Phi) is 6.40. The van der Waals surface area contributed by atoms with E-state index in [2.05, 4.69) is 64.3 Å². The van der Waals surface area contributed by atoms with Crippen LogP contribution in [0.3, 0.4) is 0 Å². The fourth-order valence-corrected chi connectivity index (χ4v) is 7.03. The molecule has 0 radical (unpaired) electrons. The smallest absolute Gasteiger partial charge is 0.155 e. The van der Waals surface area contributed by atoms with Crippen LogP contribution in [-0.2, 0) is 12.8 Å². The van der Waals surface area contributed by atoms with Crippen molar-refractivity contribution >= 4 is 11.0 Å². The molecule has 1 N–H and O–H groups in total. The summed E-state index contributed by atoms with van der Waals surface area (Å²) in [7, 11) is 0. The second-order valence-corrected chi connectivity index (χ2v) is 11.9. The number of nitriles is 1. The monoisotopic (exact) mass is 538 g/mol. The Balaban J connectivity index is 1.18. The number of likely N-dealkylation sites (tertiary alicyclic amines) is 1. The fourth-order valence-electron chi connectivity index (χ4n) is 7.03. The molecule has 5 aromatic rings. The molecule has 41 heavy (non-hydrogen) atoms. The Morgan fingerprint density at radius 1 is 0.902 bits per heavy atom. The summed E-state index contributed by atoms with van der Waals surface area (Å²) in [6.45, 7) is 6.14. The topological polar surface area (TPSA) is 81.5 Å². The maximum Gasteiger partial charge on any atom is 0.155 e. The van der Waals surface area contributed by atoms with Gasteiger partial charge < -0.3 is 0 Å². The first-order valence-corrected chi connectivity index (χ1v) is 14.7. The third-order valence-corrected chi connectivity index (χ3v) is 9.43. The van der Waals surface area contributed by atoms with Gasteiger partial charge in [0.1, 0.15) is 11.8 Å². The highest BCUT2D eigenvalue weighted by atomic mass is 15.2. The van der Waals surface area contributed by atoms with Crippen molar-refractivity contribution in [3.63, 3.8) is 0 Å². The molecular formula is C35H34N6. The predicted molar refractivity (Wildman–Crippen MR) is 163 cm³/mol. The Morgan fingerprint density at radius 2 is 1.66 bits per heavy atom. The summed E-state index contributed by atoms with van der Waals surface area (Å²) in [4.78, 5) is 11.9. The van der Waals surface area contributed by atoms with E-state index in [1.807, 2.05) is 30.5 Å². The molecule has 6 heteroatoms. The zero-order chi connectivity index (χ0) is 28.0. The van der Waals surface area contributed by atoms with Gasteiger partial charge in [-0.15, -0.1) is 0 Å². The minimum absolute atomic E-state index is 0.281. The van der Waals surface area contributed by atoms with E-state index in [0.29, 0.717) is 17.3 Å². The highest BCUT2D eigenvalue weighted by molar-refractivity contribution is 5.93. The Hall–Kier alpha value is -4.34. The van der Waals surface area contributed by atoms with Crippen molar-refractivity contribution in [3.05, 3.63) is 89.7 Å². The molecule has 0 saturated carbocycles. The molecule has 2 atom stereocenters. The first kappa shape index (κ1) is 25.6. The van der Waals surface area contributed by atoms with Crippen molar-refractivity contribution in [3.8, 4) is 39.7 Å². The van der Waals surface area contributed by atoms with Gasteiger partial charge in [-0.05, 0) is 93.8 Å². The summed E-state index contributed by atoms with van der Waals surface area (Å²) in [5.41, 5.74) is 10.4. The summed E-state index contributed by atoms with van der Waals surface area (Å²) in [5, 5.41) is 18.2. The van der Waals surface area contributed by atoms with Gasteiger partial charge in [-0.2, -0.15) is 10.4 Å². The lowest BCUT2D eigenvalue weighted by Crippen LogP contribution is -2.48. The number of H-pyrrole nitrogens is 1. The van der Waals surface area contributed by atoms with Crippen molar-refractivity contribution in [2.45, 2.75) is 64.0 Å².